The summed E-state index contributed by atoms with van der Waals surface area (Å²) in [6.45, 7) is 13.2. The number of para-hydroxylation sites is 1. The highest BCUT2D eigenvalue weighted by Crippen LogP contribution is 2.41. The molecule has 22 heavy (non-hydrogen) atoms. The van der Waals surface area contributed by atoms with E-state index >= 15 is 0 Å². The van der Waals surface area contributed by atoms with Crippen molar-refractivity contribution < 1.29 is 13.6 Å². The van der Waals surface area contributed by atoms with Crippen LogP contribution in [0.5, 0.6) is 11.5 Å². The van der Waals surface area contributed by atoms with E-state index in [0.29, 0.717) is 0 Å². The predicted molar refractivity (Wildman–Crippen MR) is 91.9 cm³/mol. The van der Waals surface area contributed by atoms with Crippen molar-refractivity contribution in [2.45, 2.75) is 51.9 Å². The molecule has 0 saturated heterocycles. The van der Waals surface area contributed by atoms with E-state index < -0.39 is 8.32 Å². The van der Waals surface area contributed by atoms with Crippen LogP contribution in [0.3, 0.4) is 0 Å². The lowest BCUT2D eigenvalue weighted by atomic mass is 10.2. The van der Waals surface area contributed by atoms with Gasteiger partial charge in [0.05, 0.1) is 6.26 Å². The van der Waals surface area contributed by atoms with E-state index in [2.05, 4.69) is 33.9 Å². The predicted octanol–water partition coefficient (Wildman–Crippen LogP) is 6.15. The molecule has 1 aromatic heterocycles. The van der Waals surface area contributed by atoms with Gasteiger partial charge in [0.1, 0.15) is 11.9 Å². The van der Waals surface area contributed by atoms with E-state index in [1.165, 1.54) is 0 Å². The maximum atomic E-state index is 6.39. The fraction of sp³-hybridized carbons (Fsp3) is 0.444. The van der Waals surface area contributed by atoms with Gasteiger partial charge < -0.3 is 13.6 Å². The molecule has 2 rings (SSSR count). The van der Waals surface area contributed by atoms with Crippen molar-refractivity contribution in [1.29, 1.82) is 0 Å². The smallest absolute Gasteiger partial charge is 0.193 e. The molecule has 0 N–H and O–H groups in total. The molecule has 4 heteroatoms. The highest BCUT2D eigenvalue weighted by atomic mass is 28.4. The minimum Gasteiger partial charge on any atom is -0.463 e. The Morgan fingerprint density at radius 1 is 1.05 bits per heavy atom. The minimum atomic E-state index is -1.85. The molecule has 0 spiro atoms. The molecular formula is C18H26O3Si. The van der Waals surface area contributed by atoms with Crippen molar-refractivity contribution >= 4 is 8.32 Å². The first-order chi connectivity index (χ1) is 10.2. The van der Waals surface area contributed by atoms with Gasteiger partial charge in [-0.05, 0) is 37.2 Å². The lowest BCUT2D eigenvalue weighted by molar-refractivity contribution is 0.171. The summed E-state index contributed by atoms with van der Waals surface area (Å²) in [6.07, 6.45) is 1.52. The molecule has 0 fully saturated rings. The summed E-state index contributed by atoms with van der Waals surface area (Å²) in [4.78, 5) is 0. The highest BCUT2D eigenvalue weighted by Gasteiger charge is 2.39. The zero-order valence-corrected chi connectivity index (χ0v) is 15.3. The SMILES string of the molecule is CC(O[Si](C)(C)C(C)(C)C)c1occc1Oc1ccccc1. The first kappa shape index (κ1) is 16.8. The van der Waals surface area contributed by atoms with Crippen molar-refractivity contribution in [2.75, 3.05) is 0 Å². The third kappa shape index (κ3) is 3.81. The van der Waals surface area contributed by atoms with E-state index in [4.69, 9.17) is 13.6 Å². The van der Waals surface area contributed by atoms with Gasteiger partial charge in [-0.1, -0.05) is 39.0 Å². The van der Waals surface area contributed by atoms with Gasteiger partial charge in [0, 0.05) is 6.07 Å². The van der Waals surface area contributed by atoms with Gasteiger partial charge in [-0.2, -0.15) is 0 Å². The van der Waals surface area contributed by atoms with Crippen LogP contribution in [-0.4, -0.2) is 8.32 Å². The lowest BCUT2D eigenvalue weighted by Crippen LogP contribution is -2.41. The van der Waals surface area contributed by atoms with Gasteiger partial charge in [0.2, 0.25) is 0 Å². The summed E-state index contributed by atoms with van der Waals surface area (Å²) in [5.41, 5.74) is 0. The second kappa shape index (κ2) is 6.30. The van der Waals surface area contributed by atoms with Gasteiger partial charge in [0.25, 0.3) is 0 Å². The minimum absolute atomic E-state index is 0.130. The van der Waals surface area contributed by atoms with Crippen LogP contribution in [0.25, 0.3) is 0 Å². The molecule has 0 aliphatic rings. The number of ether oxygens (including phenoxy) is 1. The molecule has 1 atom stereocenters. The Hall–Kier alpha value is -1.52. The van der Waals surface area contributed by atoms with Crippen LogP contribution < -0.4 is 4.74 Å². The van der Waals surface area contributed by atoms with Crippen molar-refractivity contribution in [3.8, 4) is 11.5 Å². The average molecular weight is 318 g/mol. The first-order valence-corrected chi connectivity index (χ1v) is 10.6. The van der Waals surface area contributed by atoms with Crippen molar-refractivity contribution in [3.05, 3.63) is 48.4 Å². The van der Waals surface area contributed by atoms with Crippen LogP contribution >= 0.6 is 0 Å². The van der Waals surface area contributed by atoms with Crippen molar-refractivity contribution in [1.82, 2.24) is 0 Å². The summed E-state index contributed by atoms with van der Waals surface area (Å²) in [6, 6.07) is 11.6. The standard InChI is InChI=1S/C18H26O3Si/c1-14(21-22(5,6)18(2,3)4)17-16(12-13-19-17)20-15-10-8-7-9-11-15/h7-14H,1-6H3. The van der Waals surface area contributed by atoms with Gasteiger partial charge in [-0.15, -0.1) is 0 Å². The largest absolute Gasteiger partial charge is 0.463 e. The van der Waals surface area contributed by atoms with Gasteiger partial charge in [0.15, 0.2) is 19.8 Å². The van der Waals surface area contributed by atoms with E-state index in [0.717, 1.165) is 17.3 Å². The van der Waals surface area contributed by atoms with Crippen LogP contribution in [-0.2, 0) is 4.43 Å². The molecule has 1 unspecified atom stereocenters. The monoisotopic (exact) mass is 318 g/mol. The fourth-order valence-electron chi connectivity index (χ4n) is 1.98. The number of hydrogen-bond acceptors (Lipinski definition) is 3. The van der Waals surface area contributed by atoms with Gasteiger partial charge >= 0.3 is 0 Å². The summed E-state index contributed by atoms with van der Waals surface area (Å²) >= 11 is 0. The molecule has 120 valence electrons. The number of hydrogen-bond donors (Lipinski definition) is 0. The maximum Gasteiger partial charge on any atom is 0.193 e. The molecule has 0 radical (unpaired) electrons. The molecule has 0 aliphatic carbocycles. The topological polar surface area (TPSA) is 31.6 Å². The normalized spacial score (nSPS) is 13.9. The Morgan fingerprint density at radius 3 is 2.27 bits per heavy atom. The maximum absolute atomic E-state index is 6.39. The van der Waals surface area contributed by atoms with Crippen molar-refractivity contribution in [2.24, 2.45) is 0 Å². The van der Waals surface area contributed by atoms with E-state index in [-0.39, 0.29) is 11.1 Å². The number of furan rings is 1. The number of benzene rings is 1. The molecule has 1 heterocycles. The molecule has 2 aromatic rings. The average Bonchev–Trinajstić information content (AvgIpc) is 2.86. The van der Waals surface area contributed by atoms with Crippen molar-refractivity contribution in [3.63, 3.8) is 0 Å². The molecular weight excluding hydrogens is 292 g/mol. The first-order valence-electron chi connectivity index (χ1n) is 7.69. The van der Waals surface area contributed by atoms with Crippen LogP contribution in [0, 0.1) is 0 Å². The highest BCUT2D eigenvalue weighted by molar-refractivity contribution is 6.74. The Kier molecular flexibility index (Phi) is 4.83. The van der Waals surface area contributed by atoms with Crippen LogP contribution in [0.4, 0.5) is 0 Å². The van der Waals surface area contributed by atoms with Crippen LogP contribution in [0.15, 0.2) is 47.1 Å². The summed E-state index contributed by atoms with van der Waals surface area (Å²) in [5, 5.41) is 0.161. The molecule has 3 nitrogen and oxygen atoms in total. The molecule has 0 bridgehead atoms. The molecule has 0 saturated carbocycles. The zero-order chi connectivity index (χ0) is 16.4. The zero-order valence-electron chi connectivity index (χ0n) is 14.3. The quantitative estimate of drug-likeness (QED) is 0.619. The van der Waals surface area contributed by atoms with E-state index in [1.54, 1.807) is 6.26 Å². The van der Waals surface area contributed by atoms with E-state index in [9.17, 15) is 0 Å². The van der Waals surface area contributed by atoms with Gasteiger partial charge in [-0.25, -0.2) is 0 Å². The molecule has 1 aromatic carbocycles. The van der Waals surface area contributed by atoms with Gasteiger partial charge in [-0.3, -0.25) is 0 Å². The summed E-state index contributed by atoms with van der Waals surface area (Å²) in [7, 11) is -1.85. The Balaban J connectivity index is 2.15. The van der Waals surface area contributed by atoms with E-state index in [1.807, 2.05) is 43.3 Å². The Morgan fingerprint density at radius 2 is 1.68 bits per heavy atom. The summed E-state index contributed by atoms with van der Waals surface area (Å²) < 4.78 is 17.9. The Labute approximate surface area is 134 Å². The molecule has 0 amide bonds. The number of rotatable bonds is 5. The third-order valence-corrected chi connectivity index (χ3v) is 8.83. The Bertz CT molecular complexity index is 596. The third-order valence-electron chi connectivity index (χ3n) is 4.28. The fourth-order valence-corrected chi connectivity index (χ4v) is 3.32. The van der Waals surface area contributed by atoms with Crippen LogP contribution in [0.1, 0.15) is 39.6 Å². The molecule has 0 aliphatic heterocycles. The second-order valence-corrected chi connectivity index (χ2v) is 11.8. The van der Waals surface area contributed by atoms with Crippen LogP contribution in [0.2, 0.25) is 18.1 Å². The summed E-state index contributed by atoms with van der Waals surface area (Å²) in [5.74, 6) is 2.26. The second-order valence-electron chi connectivity index (χ2n) is 7.08. The lowest BCUT2D eigenvalue weighted by Gasteiger charge is -2.38.